The monoisotopic (exact) mass is 404 g/mol. The Labute approximate surface area is 172 Å². The first kappa shape index (κ1) is 17.8. The molecule has 1 aliphatic carbocycles. The van der Waals surface area contributed by atoms with Crippen LogP contribution in [0, 0.1) is 6.92 Å². The third-order valence-corrected chi connectivity index (χ3v) is 6.07. The molecule has 1 amide bonds. The number of hydrogen-bond acceptors (Lipinski definition) is 5. The number of benzene rings is 1. The molecule has 0 atom stereocenters. The molecule has 1 aliphatic rings. The average molecular weight is 404 g/mol. The maximum Gasteiger partial charge on any atom is 0.276 e. The van der Waals surface area contributed by atoms with E-state index in [0.29, 0.717) is 16.7 Å². The minimum Gasteiger partial charge on any atom is -0.333 e. The first-order valence-corrected chi connectivity index (χ1v) is 10.3. The molecule has 0 saturated heterocycles. The Hall–Kier alpha value is -3.26. The van der Waals surface area contributed by atoms with Crippen LogP contribution in [-0.4, -0.2) is 30.2 Å². The largest absolute Gasteiger partial charge is 0.333 e. The lowest BCUT2D eigenvalue weighted by Crippen LogP contribution is -2.16. The molecular weight excluding hydrogens is 384 g/mol. The summed E-state index contributed by atoms with van der Waals surface area (Å²) in [4.78, 5) is 23.0. The van der Waals surface area contributed by atoms with Crippen molar-refractivity contribution in [2.24, 2.45) is 7.05 Å². The molecule has 146 valence electrons. The van der Waals surface area contributed by atoms with E-state index in [0.717, 1.165) is 40.6 Å². The summed E-state index contributed by atoms with van der Waals surface area (Å²) in [6.07, 6.45) is 5.91. The van der Waals surface area contributed by atoms with Gasteiger partial charge in [0.25, 0.3) is 5.91 Å². The number of thiazole rings is 1. The molecule has 3 aromatic heterocycles. The zero-order valence-corrected chi connectivity index (χ0v) is 17.0. The third kappa shape index (κ3) is 3.36. The van der Waals surface area contributed by atoms with Crippen molar-refractivity contribution < 1.29 is 4.79 Å². The maximum absolute atomic E-state index is 13.1. The lowest BCUT2D eigenvalue weighted by Gasteiger charge is -2.06. The van der Waals surface area contributed by atoms with E-state index in [1.807, 2.05) is 61.1 Å². The highest BCUT2D eigenvalue weighted by molar-refractivity contribution is 7.19. The fourth-order valence-corrected chi connectivity index (χ4v) is 4.31. The van der Waals surface area contributed by atoms with Gasteiger partial charge >= 0.3 is 0 Å². The second-order valence-electron chi connectivity index (χ2n) is 7.23. The van der Waals surface area contributed by atoms with E-state index in [1.54, 1.807) is 10.9 Å². The smallest absolute Gasteiger partial charge is 0.276 e. The Morgan fingerprint density at radius 3 is 2.72 bits per heavy atom. The van der Waals surface area contributed by atoms with Crippen LogP contribution in [0.15, 0.2) is 48.8 Å². The molecule has 4 aromatic rings. The molecule has 7 nitrogen and oxygen atoms in total. The van der Waals surface area contributed by atoms with Gasteiger partial charge in [-0.15, -0.1) is 0 Å². The Bertz CT molecular complexity index is 1190. The van der Waals surface area contributed by atoms with Crippen LogP contribution in [0.1, 0.15) is 40.6 Å². The van der Waals surface area contributed by atoms with Gasteiger partial charge in [-0.3, -0.25) is 10.1 Å². The van der Waals surface area contributed by atoms with Gasteiger partial charge in [0, 0.05) is 25.4 Å². The van der Waals surface area contributed by atoms with E-state index >= 15 is 0 Å². The molecule has 1 saturated carbocycles. The Morgan fingerprint density at radius 1 is 1.24 bits per heavy atom. The van der Waals surface area contributed by atoms with Crippen LogP contribution in [0.5, 0.6) is 0 Å². The first-order chi connectivity index (χ1) is 14.1. The van der Waals surface area contributed by atoms with E-state index < -0.39 is 0 Å². The second-order valence-corrected chi connectivity index (χ2v) is 8.22. The van der Waals surface area contributed by atoms with E-state index in [1.165, 1.54) is 11.3 Å². The topological polar surface area (TPSA) is 77.6 Å². The third-order valence-electron chi connectivity index (χ3n) is 5.00. The van der Waals surface area contributed by atoms with Gasteiger partial charge in [-0.2, -0.15) is 5.10 Å². The summed E-state index contributed by atoms with van der Waals surface area (Å²) in [7, 11) is 1.94. The number of amides is 1. The standard InChI is InChI=1S/C21H20N6OS/c1-13-18(19-22-10-11-26(19)2)29-21(23-13)24-20(28)17-12-16(14-8-9-14)25-27(17)15-6-4-3-5-7-15/h3-7,10-12,14H,8-9H2,1-2H3,(H,23,24,28). The summed E-state index contributed by atoms with van der Waals surface area (Å²) in [6, 6.07) is 11.6. The van der Waals surface area contributed by atoms with Crippen LogP contribution in [0.4, 0.5) is 5.13 Å². The van der Waals surface area contributed by atoms with Crippen molar-refractivity contribution in [1.29, 1.82) is 0 Å². The van der Waals surface area contributed by atoms with Crippen molar-refractivity contribution in [2.75, 3.05) is 5.32 Å². The number of carbonyl (C=O) groups excluding carboxylic acids is 1. The van der Waals surface area contributed by atoms with E-state index in [-0.39, 0.29) is 5.91 Å². The molecule has 8 heteroatoms. The number of aryl methyl sites for hydroxylation is 2. The first-order valence-electron chi connectivity index (χ1n) is 9.52. The van der Waals surface area contributed by atoms with Crippen molar-refractivity contribution in [3.8, 4) is 16.4 Å². The van der Waals surface area contributed by atoms with E-state index in [4.69, 9.17) is 5.10 Å². The molecule has 5 rings (SSSR count). The quantitative estimate of drug-likeness (QED) is 0.542. The molecular formula is C21H20N6OS. The van der Waals surface area contributed by atoms with Crippen molar-refractivity contribution >= 4 is 22.4 Å². The van der Waals surface area contributed by atoms with Crippen molar-refractivity contribution in [3.05, 3.63) is 65.9 Å². The van der Waals surface area contributed by atoms with Crippen LogP contribution in [0.3, 0.4) is 0 Å². The van der Waals surface area contributed by atoms with Gasteiger partial charge in [-0.05, 0) is 38.0 Å². The number of aromatic nitrogens is 5. The van der Waals surface area contributed by atoms with Crippen LogP contribution >= 0.6 is 11.3 Å². The van der Waals surface area contributed by atoms with Gasteiger partial charge in [0.15, 0.2) is 11.0 Å². The molecule has 29 heavy (non-hydrogen) atoms. The molecule has 0 spiro atoms. The highest BCUT2D eigenvalue weighted by Gasteiger charge is 2.29. The van der Waals surface area contributed by atoms with Crippen molar-refractivity contribution in [3.63, 3.8) is 0 Å². The zero-order valence-electron chi connectivity index (χ0n) is 16.2. The number of anilines is 1. The van der Waals surface area contributed by atoms with Gasteiger partial charge < -0.3 is 4.57 Å². The fraction of sp³-hybridized carbons (Fsp3) is 0.238. The summed E-state index contributed by atoms with van der Waals surface area (Å²) in [5.74, 6) is 1.09. The summed E-state index contributed by atoms with van der Waals surface area (Å²) in [5, 5.41) is 8.21. The van der Waals surface area contributed by atoms with Crippen molar-refractivity contribution in [2.45, 2.75) is 25.7 Å². The number of rotatable bonds is 5. The van der Waals surface area contributed by atoms with Crippen LogP contribution < -0.4 is 5.32 Å². The highest BCUT2D eigenvalue weighted by Crippen LogP contribution is 2.40. The van der Waals surface area contributed by atoms with Gasteiger partial charge in [-0.25, -0.2) is 14.6 Å². The minimum absolute atomic E-state index is 0.214. The highest BCUT2D eigenvalue weighted by atomic mass is 32.1. The lowest BCUT2D eigenvalue weighted by molar-refractivity contribution is 0.101. The molecule has 1 aromatic carbocycles. The summed E-state index contributed by atoms with van der Waals surface area (Å²) < 4.78 is 3.67. The van der Waals surface area contributed by atoms with Gasteiger partial charge in [-0.1, -0.05) is 29.5 Å². The Kier molecular flexibility index (Phi) is 4.28. The molecule has 3 heterocycles. The SMILES string of the molecule is Cc1nc(NC(=O)c2cc(C3CC3)nn2-c2ccccc2)sc1-c1nccn1C. The number of nitrogens with zero attached hydrogens (tertiary/aromatic N) is 5. The average Bonchev–Trinajstić information content (AvgIpc) is 3.16. The van der Waals surface area contributed by atoms with Gasteiger partial charge in [0.1, 0.15) is 5.69 Å². The van der Waals surface area contributed by atoms with Gasteiger partial charge in [0.2, 0.25) is 0 Å². The number of nitrogens with one attached hydrogen (secondary N) is 1. The maximum atomic E-state index is 13.1. The van der Waals surface area contributed by atoms with Crippen LogP contribution in [0.25, 0.3) is 16.4 Å². The number of hydrogen-bond donors (Lipinski definition) is 1. The second kappa shape index (κ2) is 6.97. The lowest BCUT2D eigenvalue weighted by atomic mass is 10.2. The van der Waals surface area contributed by atoms with Crippen LogP contribution in [-0.2, 0) is 7.05 Å². The van der Waals surface area contributed by atoms with Crippen LogP contribution in [0.2, 0.25) is 0 Å². The molecule has 0 unspecified atom stereocenters. The normalized spacial score (nSPS) is 13.6. The number of imidazole rings is 1. The van der Waals surface area contributed by atoms with E-state index in [9.17, 15) is 4.79 Å². The summed E-state index contributed by atoms with van der Waals surface area (Å²) in [6.45, 7) is 1.93. The molecule has 1 N–H and O–H groups in total. The fourth-order valence-electron chi connectivity index (χ4n) is 3.31. The number of para-hydroxylation sites is 1. The van der Waals surface area contributed by atoms with E-state index in [2.05, 4.69) is 15.3 Å². The Balaban J connectivity index is 1.47. The summed E-state index contributed by atoms with van der Waals surface area (Å²) >= 11 is 1.43. The zero-order chi connectivity index (χ0) is 20.0. The van der Waals surface area contributed by atoms with Gasteiger partial charge in [0.05, 0.1) is 22.0 Å². The molecule has 0 radical (unpaired) electrons. The van der Waals surface area contributed by atoms with Crippen molar-refractivity contribution in [1.82, 2.24) is 24.3 Å². The predicted octanol–water partition coefficient (Wildman–Crippen LogP) is 4.17. The number of carbonyl (C=O) groups is 1. The molecule has 0 bridgehead atoms. The minimum atomic E-state index is -0.214. The molecule has 0 aliphatic heterocycles. The molecule has 1 fully saturated rings. The summed E-state index contributed by atoms with van der Waals surface area (Å²) in [5.41, 5.74) is 3.20. The predicted molar refractivity (Wildman–Crippen MR) is 113 cm³/mol. The Morgan fingerprint density at radius 2 is 2.03 bits per heavy atom.